The molecule has 0 rings (SSSR count). The van der Waals surface area contributed by atoms with E-state index in [2.05, 4.69) is 12.4 Å². The maximum Gasteiger partial charge on any atom is 0.325 e. The first-order chi connectivity index (χ1) is 15.4. The molecule has 192 valence electrons. The first-order valence-corrected chi connectivity index (χ1v) is 13.2. The van der Waals surface area contributed by atoms with E-state index < -0.39 is 24.2 Å². The molecule has 3 N–H and O–H groups in total. The van der Waals surface area contributed by atoms with E-state index in [9.17, 15) is 9.90 Å². The predicted molar refractivity (Wildman–Crippen MR) is 132 cm³/mol. The van der Waals surface area contributed by atoms with Crippen molar-refractivity contribution in [2.45, 2.75) is 148 Å². The lowest BCUT2D eigenvalue weighted by molar-refractivity contribution is -0.162. The topological polar surface area (TPSA) is 88.0 Å². The van der Waals surface area contributed by atoms with Gasteiger partial charge in [-0.25, -0.2) is 0 Å². The number of methoxy groups -OCH3 is 1. The number of hydrogen-bond acceptors (Lipinski definition) is 5. The van der Waals surface area contributed by atoms with Crippen molar-refractivity contribution in [3.05, 3.63) is 0 Å². The molecule has 3 unspecified atom stereocenters. The average Bonchev–Trinajstić information content (AvgIpc) is 2.76. The molecule has 0 spiro atoms. The van der Waals surface area contributed by atoms with E-state index >= 15 is 0 Å². The van der Waals surface area contributed by atoms with Gasteiger partial charge in [-0.3, -0.25) is 9.63 Å². The minimum absolute atomic E-state index is 0.00976. The summed E-state index contributed by atoms with van der Waals surface area (Å²) < 4.78 is 5.38. The lowest BCUT2D eigenvalue weighted by atomic mass is 9.92. The highest BCUT2D eigenvalue weighted by Gasteiger charge is 2.30. The molecule has 0 amide bonds. The summed E-state index contributed by atoms with van der Waals surface area (Å²) in [6.45, 7) is 5.72. The molecule has 0 heterocycles. The zero-order chi connectivity index (χ0) is 24.1. The van der Waals surface area contributed by atoms with Crippen LogP contribution in [0, 0.1) is 0 Å². The summed E-state index contributed by atoms with van der Waals surface area (Å²) in [4.78, 5) is 16.9. The van der Waals surface area contributed by atoms with Crippen LogP contribution < -0.4 is 5.48 Å². The number of aliphatic carboxylic acids is 1. The average molecular weight is 460 g/mol. The van der Waals surface area contributed by atoms with Crippen LogP contribution in [-0.4, -0.2) is 47.6 Å². The number of aliphatic hydroxyl groups is 1. The van der Waals surface area contributed by atoms with Gasteiger partial charge in [-0.2, -0.15) is 5.48 Å². The van der Waals surface area contributed by atoms with Gasteiger partial charge in [0.25, 0.3) is 0 Å². The Morgan fingerprint density at radius 3 is 1.69 bits per heavy atom. The number of carboxylic acids is 1. The van der Waals surface area contributed by atoms with Crippen LogP contribution >= 0.6 is 0 Å². The number of ether oxygens (including phenoxy) is 1. The molecule has 0 aliphatic carbocycles. The van der Waals surface area contributed by atoms with Gasteiger partial charge in [-0.1, -0.05) is 103 Å². The standard InChI is InChI=1S/C26H53NO5/c1-5-6-7-8-9-10-11-12-13-14-15-16-17-18-19-20-26(3,21-23(2)31-4)32-27-24(22-28)25(29)30/h23-24,27-28H,5-22H2,1-4H3,(H,29,30). The maximum absolute atomic E-state index is 11.1. The van der Waals surface area contributed by atoms with Crippen molar-refractivity contribution in [3.63, 3.8) is 0 Å². The van der Waals surface area contributed by atoms with E-state index in [0.717, 1.165) is 19.3 Å². The number of nitrogens with one attached hydrogen (secondary N) is 1. The SMILES string of the molecule is CCCCCCCCCCCCCCCCCC(C)(CC(C)OC)ONC(CO)C(=O)O. The number of rotatable bonds is 24. The number of unbranched alkanes of at least 4 members (excludes halogenated alkanes) is 14. The molecule has 0 saturated carbocycles. The van der Waals surface area contributed by atoms with E-state index in [1.165, 1.54) is 83.5 Å². The molecule has 3 atom stereocenters. The first-order valence-electron chi connectivity index (χ1n) is 13.2. The molecule has 0 aliphatic rings. The lowest BCUT2D eigenvalue weighted by Crippen LogP contribution is -2.46. The van der Waals surface area contributed by atoms with Gasteiger partial charge >= 0.3 is 5.97 Å². The van der Waals surface area contributed by atoms with E-state index in [-0.39, 0.29) is 6.10 Å². The zero-order valence-corrected chi connectivity index (χ0v) is 21.5. The fourth-order valence-electron chi connectivity index (χ4n) is 4.14. The molecule has 0 radical (unpaired) electrons. The van der Waals surface area contributed by atoms with E-state index in [1.807, 2.05) is 13.8 Å². The Balaban J connectivity index is 3.88. The Morgan fingerprint density at radius 1 is 0.875 bits per heavy atom. The lowest BCUT2D eigenvalue weighted by Gasteiger charge is -2.32. The molecule has 0 saturated heterocycles. The Labute approximate surface area is 197 Å². The number of hydrogen-bond donors (Lipinski definition) is 3. The summed E-state index contributed by atoms with van der Waals surface area (Å²) in [5, 5.41) is 18.3. The van der Waals surface area contributed by atoms with E-state index in [4.69, 9.17) is 14.7 Å². The molecule has 0 aromatic rings. The van der Waals surface area contributed by atoms with Gasteiger partial charge in [0, 0.05) is 13.5 Å². The summed E-state index contributed by atoms with van der Waals surface area (Å²) in [7, 11) is 1.67. The number of carboxylic acid groups (broad SMARTS) is 1. The van der Waals surface area contributed by atoms with Crippen molar-refractivity contribution in [1.82, 2.24) is 5.48 Å². The predicted octanol–water partition coefficient (Wildman–Crippen LogP) is 6.40. The van der Waals surface area contributed by atoms with Crippen molar-refractivity contribution < 1.29 is 24.6 Å². The summed E-state index contributed by atoms with van der Waals surface area (Å²) in [6, 6.07) is -1.12. The van der Waals surface area contributed by atoms with Gasteiger partial charge in [0.1, 0.15) is 0 Å². The number of hydroxylamine groups is 1. The number of carbonyl (C=O) groups is 1. The molecule has 32 heavy (non-hydrogen) atoms. The summed E-state index contributed by atoms with van der Waals surface area (Å²) in [5.41, 5.74) is 2.00. The summed E-state index contributed by atoms with van der Waals surface area (Å²) in [6.07, 6.45) is 21.4. The monoisotopic (exact) mass is 459 g/mol. The third-order valence-electron chi connectivity index (χ3n) is 6.36. The Morgan fingerprint density at radius 2 is 1.31 bits per heavy atom. The van der Waals surface area contributed by atoms with Crippen LogP contribution in [0.4, 0.5) is 0 Å². The molecule has 6 heteroatoms. The van der Waals surface area contributed by atoms with Gasteiger partial charge < -0.3 is 14.9 Å². The van der Waals surface area contributed by atoms with Gasteiger partial charge in [0.15, 0.2) is 6.04 Å². The summed E-state index contributed by atoms with van der Waals surface area (Å²) >= 11 is 0. The van der Waals surface area contributed by atoms with Crippen LogP contribution in [0.2, 0.25) is 0 Å². The van der Waals surface area contributed by atoms with Gasteiger partial charge in [-0.15, -0.1) is 0 Å². The second-order valence-corrected chi connectivity index (χ2v) is 9.69. The van der Waals surface area contributed by atoms with Crippen molar-refractivity contribution in [2.75, 3.05) is 13.7 Å². The third-order valence-corrected chi connectivity index (χ3v) is 6.36. The van der Waals surface area contributed by atoms with Gasteiger partial charge in [0.2, 0.25) is 0 Å². The van der Waals surface area contributed by atoms with Crippen molar-refractivity contribution in [1.29, 1.82) is 0 Å². The van der Waals surface area contributed by atoms with Crippen molar-refractivity contribution >= 4 is 5.97 Å². The smallest absolute Gasteiger partial charge is 0.325 e. The molecular weight excluding hydrogens is 406 g/mol. The summed E-state index contributed by atoms with van der Waals surface area (Å²) in [5.74, 6) is -1.12. The molecule has 0 aliphatic heterocycles. The van der Waals surface area contributed by atoms with Crippen molar-refractivity contribution in [3.8, 4) is 0 Å². The van der Waals surface area contributed by atoms with Crippen molar-refractivity contribution in [2.24, 2.45) is 0 Å². The van der Waals surface area contributed by atoms with E-state index in [0.29, 0.717) is 6.42 Å². The fraction of sp³-hybridized carbons (Fsp3) is 0.962. The van der Waals surface area contributed by atoms with Crippen LogP contribution in [0.25, 0.3) is 0 Å². The molecule has 0 fully saturated rings. The fourth-order valence-corrected chi connectivity index (χ4v) is 4.14. The molecule has 0 bridgehead atoms. The van der Waals surface area contributed by atoms with E-state index in [1.54, 1.807) is 7.11 Å². The molecule has 0 aromatic carbocycles. The highest BCUT2D eigenvalue weighted by atomic mass is 16.7. The van der Waals surface area contributed by atoms with Gasteiger partial charge in [0.05, 0.1) is 18.3 Å². The van der Waals surface area contributed by atoms with Crippen LogP contribution in [0.1, 0.15) is 130 Å². The maximum atomic E-state index is 11.1. The van der Waals surface area contributed by atoms with Gasteiger partial charge in [-0.05, 0) is 20.3 Å². The molecule has 6 nitrogen and oxygen atoms in total. The van der Waals surface area contributed by atoms with Crippen LogP contribution in [0.3, 0.4) is 0 Å². The minimum atomic E-state index is -1.12. The molecular formula is C26H53NO5. The van der Waals surface area contributed by atoms with Crippen LogP contribution in [0.15, 0.2) is 0 Å². The third kappa shape index (κ3) is 17.8. The highest BCUT2D eigenvalue weighted by Crippen LogP contribution is 2.26. The highest BCUT2D eigenvalue weighted by molar-refractivity contribution is 5.73. The zero-order valence-electron chi connectivity index (χ0n) is 21.5. The second kappa shape index (κ2) is 20.9. The van der Waals surface area contributed by atoms with Crippen LogP contribution in [-0.2, 0) is 14.4 Å². The minimum Gasteiger partial charge on any atom is -0.480 e. The van der Waals surface area contributed by atoms with Crippen LogP contribution in [0.5, 0.6) is 0 Å². The molecule has 0 aromatic heterocycles. The Kier molecular flexibility index (Phi) is 20.4. The quantitative estimate of drug-likeness (QED) is 0.114. The number of aliphatic hydroxyl groups excluding tert-OH is 1. The normalized spacial score (nSPS) is 15.4. The Bertz CT molecular complexity index is 434. The second-order valence-electron chi connectivity index (χ2n) is 9.69. The largest absolute Gasteiger partial charge is 0.480 e. The first kappa shape index (κ1) is 31.3. The Hall–Kier alpha value is -0.690.